The van der Waals surface area contributed by atoms with Crippen LogP contribution in [0.5, 0.6) is 5.75 Å². The van der Waals surface area contributed by atoms with Gasteiger partial charge >= 0.3 is 5.97 Å². The Bertz CT molecular complexity index is 1210. The van der Waals surface area contributed by atoms with E-state index in [1.165, 1.54) is 4.90 Å². The van der Waals surface area contributed by atoms with E-state index in [4.69, 9.17) is 14.2 Å². The largest absolute Gasteiger partial charge is 0.496 e. The Morgan fingerprint density at radius 1 is 1.13 bits per heavy atom. The van der Waals surface area contributed by atoms with Crippen LogP contribution in [-0.4, -0.2) is 66.7 Å². The number of likely N-dealkylation sites (tertiary alicyclic amines) is 1. The van der Waals surface area contributed by atoms with Gasteiger partial charge in [-0.2, -0.15) is 0 Å². The van der Waals surface area contributed by atoms with Gasteiger partial charge in [-0.15, -0.1) is 0 Å². The zero-order valence-corrected chi connectivity index (χ0v) is 22.7. The number of methoxy groups -OCH3 is 1. The molecule has 0 unspecified atom stereocenters. The molecule has 2 heterocycles. The third-order valence-corrected chi connectivity index (χ3v) is 7.03. The molecule has 0 saturated carbocycles. The SMILES string of the molecule is COc1c(C)cc(C(=O)N[C@@H](C)C(=O)N2CCC[C@H]2C(=O)N[C@H]2CC(=O)O[C@H]2OCc2ccccc2)cc1C. The fraction of sp³-hybridized carbons (Fsp3) is 0.448. The van der Waals surface area contributed by atoms with E-state index in [9.17, 15) is 19.2 Å². The number of ether oxygens (including phenoxy) is 3. The molecule has 2 fully saturated rings. The summed E-state index contributed by atoms with van der Waals surface area (Å²) < 4.78 is 16.4. The quantitative estimate of drug-likeness (QED) is 0.471. The van der Waals surface area contributed by atoms with Crippen molar-refractivity contribution in [2.24, 2.45) is 0 Å². The number of amides is 3. The van der Waals surface area contributed by atoms with Gasteiger partial charge in [-0.1, -0.05) is 30.3 Å². The summed E-state index contributed by atoms with van der Waals surface area (Å²) in [7, 11) is 1.58. The molecular formula is C29H35N3O7. The summed E-state index contributed by atoms with van der Waals surface area (Å²) in [5.74, 6) is -0.859. The van der Waals surface area contributed by atoms with Crippen molar-refractivity contribution >= 4 is 23.7 Å². The number of esters is 1. The third kappa shape index (κ3) is 6.57. The number of aryl methyl sites for hydroxylation is 2. The standard InChI is InChI=1S/C29H35N3O7/c1-17-13-21(14-18(2)25(17)37-4)26(34)30-19(3)28(36)32-12-8-11-23(32)27(35)31-22-15-24(33)39-29(22)38-16-20-9-6-5-7-10-20/h5-7,9-10,13-14,19,22-23,29H,8,11-12,15-16H2,1-4H3,(H,30,34)(H,31,35)/t19-,22-,23-,29+/m0/s1. The number of rotatable bonds is 9. The second-order valence-electron chi connectivity index (χ2n) is 10.0. The Hall–Kier alpha value is -3.92. The minimum Gasteiger partial charge on any atom is -0.496 e. The van der Waals surface area contributed by atoms with E-state index in [0.29, 0.717) is 30.7 Å². The molecule has 2 aliphatic heterocycles. The highest BCUT2D eigenvalue weighted by Crippen LogP contribution is 2.25. The monoisotopic (exact) mass is 537 g/mol. The van der Waals surface area contributed by atoms with Gasteiger partial charge in [0.25, 0.3) is 5.91 Å². The van der Waals surface area contributed by atoms with Crippen LogP contribution in [0.2, 0.25) is 0 Å². The van der Waals surface area contributed by atoms with E-state index < -0.39 is 30.4 Å². The van der Waals surface area contributed by atoms with E-state index in [2.05, 4.69) is 10.6 Å². The summed E-state index contributed by atoms with van der Waals surface area (Å²) in [6.07, 6.45) is 0.197. The fourth-order valence-electron chi connectivity index (χ4n) is 5.13. The van der Waals surface area contributed by atoms with Crippen LogP contribution in [0, 0.1) is 13.8 Å². The molecule has 0 aromatic heterocycles. The second-order valence-corrected chi connectivity index (χ2v) is 10.0. The van der Waals surface area contributed by atoms with Crippen LogP contribution in [0.1, 0.15) is 53.2 Å². The summed E-state index contributed by atoms with van der Waals surface area (Å²) in [5, 5.41) is 5.60. The smallest absolute Gasteiger partial charge is 0.310 e. The average molecular weight is 538 g/mol. The Morgan fingerprint density at radius 3 is 2.49 bits per heavy atom. The van der Waals surface area contributed by atoms with E-state index in [1.54, 1.807) is 26.2 Å². The molecule has 10 heteroatoms. The molecule has 0 radical (unpaired) electrons. The molecule has 0 aliphatic carbocycles. The summed E-state index contributed by atoms with van der Waals surface area (Å²) in [5.41, 5.74) is 2.97. The van der Waals surface area contributed by atoms with E-state index >= 15 is 0 Å². The van der Waals surface area contributed by atoms with Crippen molar-refractivity contribution in [2.45, 2.75) is 71.1 Å². The molecule has 0 bridgehead atoms. The number of benzene rings is 2. The number of carbonyl (C=O) groups excluding carboxylic acids is 4. The fourth-order valence-corrected chi connectivity index (χ4v) is 5.13. The molecule has 10 nitrogen and oxygen atoms in total. The highest BCUT2D eigenvalue weighted by molar-refractivity contribution is 5.99. The van der Waals surface area contributed by atoms with Crippen LogP contribution < -0.4 is 15.4 Å². The van der Waals surface area contributed by atoms with Gasteiger partial charge in [0.05, 0.1) is 20.1 Å². The maximum Gasteiger partial charge on any atom is 0.310 e. The third-order valence-electron chi connectivity index (χ3n) is 7.03. The van der Waals surface area contributed by atoms with Crippen LogP contribution in [0.3, 0.4) is 0 Å². The van der Waals surface area contributed by atoms with Gasteiger partial charge in [-0.3, -0.25) is 19.2 Å². The molecule has 2 aromatic rings. The molecule has 2 N–H and O–H groups in total. The lowest BCUT2D eigenvalue weighted by Crippen LogP contribution is -2.54. The zero-order chi connectivity index (χ0) is 28.1. The van der Waals surface area contributed by atoms with E-state index in [1.807, 2.05) is 44.2 Å². The molecule has 39 heavy (non-hydrogen) atoms. The first-order valence-electron chi connectivity index (χ1n) is 13.1. The Morgan fingerprint density at radius 2 is 1.82 bits per heavy atom. The minimum atomic E-state index is -0.915. The number of cyclic esters (lactones) is 1. The maximum atomic E-state index is 13.3. The van der Waals surface area contributed by atoms with Gasteiger partial charge in [-0.05, 0) is 62.4 Å². The first-order chi connectivity index (χ1) is 18.7. The number of nitrogens with one attached hydrogen (secondary N) is 2. The van der Waals surface area contributed by atoms with Gasteiger partial charge in [0.2, 0.25) is 18.1 Å². The van der Waals surface area contributed by atoms with Crippen LogP contribution in [0.4, 0.5) is 0 Å². The van der Waals surface area contributed by atoms with Crippen LogP contribution in [-0.2, 0) is 30.5 Å². The summed E-state index contributed by atoms with van der Waals surface area (Å²) in [6, 6.07) is 10.7. The number of hydrogen-bond acceptors (Lipinski definition) is 7. The van der Waals surface area contributed by atoms with Crippen molar-refractivity contribution in [1.82, 2.24) is 15.5 Å². The zero-order valence-electron chi connectivity index (χ0n) is 22.7. The van der Waals surface area contributed by atoms with Gasteiger partial charge < -0.3 is 29.7 Å². The average Bonchev–Trinajstić information content (AvgIpc) is 3.53. The summed E-state index contributed by atoms with van der Waals surface area (Å²) >= 11 is 0. The highest BCUT2D eigenvalue weighted by Gasteiger charge is 2.41. The number of carbonyl (C=O) groups is 4. The van der Waals surface area contributed by atoms with E-state index in [-0.39, 0.29) is 30.7 Å². The predicted molar refractivity (Wildman–Crippen MR) is 142 cm³/mol. The Labute approximate surface area is 228 Å². The molecule has 2 aliphatic rings. The molecule has 2 aromatic carbocycles. The van der Waals surface area contributed by atoms with Crippen molar-refractivity contribution < 1.29 is 33.4 Å². The lowest BCUT2D eigenvalue weighted by Gasteiger charge is -2.28. The Kier molecular flexibility index (Phi) is 8.86. The normalized spacial score (nSPS) is 21.3. The van der Waals surface area contributed by atoms with Crippen molar-refractivity contribution in [1.29, 1.82) is 0 Å². The molecule has 3 amide bonds. The molecule has 0 spiro atoms. The minimum absolute atomic E-state index is 0.0149. The summed E-state index contributed by atoms with van der Waals surface area (Å²) in [6.45, 7) is 5.93. The molecule has 208 valence electrons. The topological polar surface area (TPSA) is 123 Å². The maximum absolute atomic E-state index is 13.3. The first-order valence-corrected chi connectivity index (χ1v) is 13.1. The van der Waals surface area contributed by atoms with Crippen LogP contribution >= 0.6 is 0 Å². The van der Waals surface area contributed by atoms with Crippen molar-refractivity contribution in [3.63, 3.8) is 0 Å². The lowest BCUT2D eigenvalue weighted by atomic mass is 10.0. The Balaban J connectivity index is 1.36. The van der Waals surface area contributed by atoms with Crippen molar-refractivity contribution in [3.05, 3.63) is 64.7 Å². The van der Waals surface area contributed by atoms with Crippen LogP contribution in [0.15, 0.2) is 42.5 Å². The van der Waals surface area contributed by atoms with Gasteiger partial charge in [0.1, 0.15) is 23.9 Å². The van der Waals surface area contributed by atoms with Crippen molar-refractivity contribution in [3.8, 4) is 5.75 Å². The number of hydrogen-bond donors (Lipinski definition) is 2. The number of nitrogens with zero attached hydrogens (tertiary/aromatic N) is 1. The summed E-state index contributed by atoms with van der Waals surface area (Å²) in [4.78, 5) is 52.9. The first kappa shape index (κ1) is 28.1. The van der Waals surface area contributed by atoms with Gasteiger partial charge in [0.15, 0.2) is 0 Å². The molecular weight excluding hydrogens is 502 g/mol. The van der Waals surface area contributed by atoms with Crippen molar-refractivity contribution in [2.75, 3.05) is 13.7 Å². The molecule has 4 rings (SSSR count). The van der Waals surface area contributed by atoms with E-state index in [0.717, 1.165) is 16.7 Å². The predicted octanol–water partition coefficient (Wildman–Crippen LogP) is 2.40. The molecule has 2 saturated heterocycles. The van der Waals surface area contributed by atoms with Gasteiger partial charge in [-0.25, -0.2) is 0 Å². The van der Waals surface area contributed by atoms with Gasteiger partial charge in [0, 0.05) is 12.1 Å². The lowest BCUT2D eigenvalue weighted by molar-refractivity contribution is -0.168. The highest BCUT2D eigenvalue weighted by atomic mass is 16.7. The molecule has 4 atom stereocenters. The second kappa shape index (κ2) is 12.3. The van der Waals surface area contributed by atoms with Crippen LogP contribution in [0.25, 0.3) is 0 Å².